The molecule has 7 nitrogen and oxygen atoms in total. The minimum Gasteiger partial charge on any atom is -0.382 e. The number of anilines is 1. The van der Waals surface area contributed by atoms with E-state index >= 15 is 0 Å². The van der Waals surface area contributed by atoms with E-state index in [4.69, 9.17) is 11.0 Å². The van der Waals surface area contributed by atoms with Gasteiger partial charge < -0.3 is 5.73 Å². The SMILES string of the molecule is Cc1nn2c(N)c(C#N)c(S(C)(=O)=O)nc2c1CC(C)C. The Kier molecular flexibility index (Phi) is 3.63. The van der Waals surface area contributed by atoms with E-state index in [1.807, 2.05) is 20.8 Å². The molecule has 0 aliphatic carbocycles. The van der Waals surface area contributed by atoms with Crippen molar-refractivity contribution in [3.05, 3.63) is 16.8 Å². The number of aromatic nitrogens is 3. The Hall–Kier alpha value is -2.14. The predicted octanol–water partition coefficient (Wildman–Crippen LogP) is 1.09. The Balaban J connectivity index is 2.93. The predicted molar refractivity (Wildman–Crippen MR) is 78.5 cm³/mol. The molecule has 0 aliphatic rings. The summed E-state index contributed by atoms with van der Waals surface area (Å²) in [6.45, 7) is 5.92. The monoisotopic (exact) mass is 307 g/mol. The van der Waals surface area contributed by atoms with E-state index in [1.165, 1.54) is 4.52 Å². The second-order valence-electron chi connectivity index (χ2n) is 5.46. The minimum absolute atomic E-state index is 0.000955. The van der Waals surface area contributed by atoms with Crippen molar-refractivity contribution in [1.82, 2.24) is 14.6 Å². The molecule has 0 saturated carbocycles. The zero-order chi connectivity index (χ0) is 15.9. The maximum atomic E-state index is 11.8. The first-order valence-electron chi connectivity index (χ1n) is 6.44. The van der Waals surface area contributed by atoms with Gasteiger partial charge in [-0.25, -0.2) is 13.4 Å². The number of nitrogens with zero attached hydrogens (tertiary/aromatic N) is 4. The minimum atomic E-state index is -3.65. The molecule has 21 heavy (non-hydrogen) atoms. The van der Waals surface area contributed by atoms with Crippen LogP contribution in [-0.2, 0) is 16.3 Å². The fourth-order valence-corrected chi connectivity index (χ4v) is 2.99. The van der Waals surface area contributed by atoms with Crippen molar-refractivity contribution in [1.29, 1.82) is 5.26 Å². The van der Waals surface area contributed by atoms with Crippen molar-refractivity contribution < 1.29 is 8.42 Å². The normalized spacial score (nSPS) is 12.0. The van der Waals surface area contributed by atoms with Gasteiger partial charge in [-0.15, -0.1) is 0 Å². The molecule has 2 N–H and O–H groups in total. The Morgan fingerprint density at radius 3 is 2.52 bits per heavy atom. The molecule has 8 heteroatoms. The molecule has 0 fully saturated rings. The molecule has 0 spiro atoms. The third-order valence-electron chi connectivity index (χ3n) is 3.14. The van der Waals surface area contributed by atoms with E-state index in [-0.39, 0.29) is 16.4 Å². The number of nitrogens with two attached hydrogens (primary N) is 1. The summed E-state index contributed by atoms with van der Waals surface area (Å²) >= 11 is 0. The van der Waals surface area contributed by atoms with Gasteiger partial charge >= 0.3 is 0 Å². The quantitative estimate of drug-likeness (QED) is 0.849. The van der Waals surface area contributed by atoms with Crippen LogP contribution in [-0.4, -0.2) is 29.3 Å². The third kappa shape index (κ3) is 2.56. The first kappa shape index (κ1) is 15.3. The summed E-state index contributed by atoms with van der Waals surface area (Å²) in [5.74, 6) is 0.359. The number of fused-ring (bicyclic) bond motifs is 1. The highest BCUT2D eigenvalue weighted by atomic mass is 32.2. The number of sulfone groups is 1. The molecule has 0 radical (unpaired) electrons. The molecule has 2 rings (SSSR count). The molecule has 0 unspecified atom stereocenters. The fourth-order valence-electron chi connectivity index (χ4n) is 2.22. The van der Waals surface area contributed by atoms with E-state index in [0.717, 1.165) is 17.5 Å². The smallest absolute Gasteiger partial charge is 0.194 e. The highest BCUT2D eigenvalue weighted by molar-refractivity contribution is 7.90. The van der Waals surface area contributed by atoms with Crippen LogP contribution >= 0.6 is 0 Å². The Labute approximate surface area is 123 Å². The van der Waals surface area contributed by atoms with Gasteiger partial charge in [0.05, 0.1) is 5.69 Å². The Bertz CT molecular complexity index is 859. The highest BCUT2D eigenvalue weighted by Gasteiger charge is 2.24. The van der Waals surface area contributed by atoms with Crippen molar-refractivity contribution in [3.63, 3.8) is 0 Å². The summed E-state index contributed by atoms with van der Waals surface area (Å²) in [6.07, 6.45) is 1.72. The molecule has 0 bridgehead atoms. The van der Waals surface area contributed by atoms with Crippen molar-refractivity contribution in [2.24, 2.45) is 5.92 Å². The van der Waals surface area contributed by atoms with Gasteiger partial charge in [0.1, 0.15) is 17.5 Å². The van der Waals surface area contributed by atoms with Gasteiger partial charge in [-0.2, -0.15) is 14.9 Å². The van der Waals surface area contributed by atoms with Crippen LogP contribution in [0.15, 0.2) is 5.03 Å². The van der Waals surface area contributed by atoms with Crippen LogP contribution in [0.2, 0.25) is 0 Å². The van der Waals surface area contributed by atoms with Crippen LogP contribution < -0.4 is 5.73 Å². The average molecular weight is 307 g/mol. The molecular formula is C13H17N5O2S. The van der Waals surface area contributed by atoms with Gasteiger partial charge in [-0.05, 0) is 19.3 Å². The highest BCUT2D eigenvalue weighted by Crippen LogP contribution is 2.25. The molecule has 0 atom stereocenters. The van der Waals surface area contributed by atoms with Crippen molar-refractivity contribution in [2.45, 2.75) is 32.2 Å². The zero-order valence-corrected chi connectivity index (χ0v) is 13.2. The van der Waals surface area contributed by atoms with Crippen LogP contribution in [0.3, 0.4) is 0 Å². The Morgan fingerprint density at radius 1 is 1.43 bits per heavy atom. The van der Waals surface area contributed by atoms with Crippen LogP contribution in [0.1, 0.15) is 30.7 Å². The maximum absolute atomic E-state index is 11.8. The first-order valence-corrected chi connectivity index (χ1v) is 8.33. The first-order chi connectivity index (χ1) is 9.66. The van der Waals surface area contributed by atoms with Crippen molar-refractivity contribution in [2.75, 3.05) is 12.0 Å². The molecule has 0 aliphatic heterocycles. The van der Waals surface area contributed by atoms with Crippen molar-refractivity contribution >= 4 is 21.3 Å². The summed E-state index contributed by atoms with van der Waals surface area (Å²) in [7, 11) is -3.65. The topological polar surface area (TPSA) is 114 Å². The lowest BCUT2D eigenvalue weighted by atomic mass is 10.0. The third-order valence-corrected chi connectivity index (χ3v) is 4.14. The number of hydrogen-bond acceptors (Lipinski definition) is 6. The standard InChI is InChI=1S/C13H17N5O2S/c1-7(2)5-9-8(3)17-18-11(15)10(6-14)13(16-12(9)18)21(4,19)20/h7H,5,15H2,1-4H3. The van der Waals surface area contributed by atoms with Gasteiger partial charge in [0.15, 0.2) is 20.5 Å². The molecule has 0 saturated heterocycles. The van der Waals surface area contributed by atoms with Crippen LogP contribution in [0.25, 0.3) is 5.65 Å². The number of nitriles is 1. The van der Waals surface area contributed by atoms with Gasteiger partial charge in [0.25, 0.3) is 0 Å². The summed E-state index contributed by atoms with van der Waals surface area (Å²) in [4.78, 5) is 4.16. The average Bonchev–Trinajstić information content (AvgIpc) is 2.65. The molecular weight excluding hydrogens is 290 g/mol. The van der Waals surface area contributed by atoms with Gasteiger partial charge in [0, 0.05) is 11.8 Å². The largest absolute Gasteiger partial charge is 0.382 e. The molecule has 2 heterocycles. The number of hydrogen-bond donors (Lipinski definition) is 1. The second-order valence-corrected chi connectivity index (χ2v) is 7.39. The summed E-state index contributed by atoms with van der Waals surface area (Å²) in [5, 5.41) is 13.2. The van der Waals surface area contributed by atoms with Gasteiger partial charge in [-0.3, -0.25) is 0 Å². The molecule has 2 aromatic rings. The zero-order valence-electron chi connectivity index (χ0n) is 12.4. The lowest BCUT2D eigenvalue weighted by molar-refractivity contribution is 0.597. The summed E-state index contributed by atoms with van der Waals surface area (Å²) in [6, 6.07) is 1.80. The van der Waals surface area contributed by atoms with E-state index < -0.39 is 9.84 Å². The lowest BCUT2D eigenvalue weighted by Gasteiger charge is -2.08. The van der Waals surface area contributed by atoms with Gasteiger partial charge in [0.2, 0.25) is 0 Å². The molecule has 0 amide bonds. The second kappa shape index (κ2) is 5.00. The number of rotatable bonds is 3. The fraction of sp³-hybridized carbons (Fsp3) is 0.462. The molecule has 112 valence electrons. The van der Waals surface area contributed by atoms with Crippen LogP contribution in [0.5, 0.6) is 0 Å². The van der Waals surface area contributed by atoms with E-state index in [1.54, 1.807) is 6.07 Å². The number of aryl methyl sites for hydroxylation is 1. The molecule has 2 aromatic heterocycles. The van der Waals surface area contributed by atoms with Crippen LogP contribution in [0, 0.1) is 24.2 Å². The van der Waals surface area contributed by atoms with Gasteiger partial charge in [-0.1, -0.05) is 13.8 Å². The van der Waals surface area contributed by atoms with Crippen LogP contribution in [0.4, 0.5) is 5.82 Å². The Morgan fingerprint density at radius 2 is 2.05 bits per heavy atom. The van der Waals surface area contributed by atoms with E-state index in [2.05, 4.69) is 10.1 Å². The molecule has 0 aromatic carbocycles. The maximum Gasteiger partial charge on any atom is 0.194 e. The number of nitrogen functional groups attached to an aromatic ring is 1. The van der Waals surface area contributed by atoms with E-state index in [9.17, 15) is 8.42 Å². The summed E-state index contributed by atoms with van der Waals surface area (Å²) < 4.78 is 25.0. The van der Waals surface area contributed by atoms with E-state index in [0.29, 0.717) is 18.0 Å². The summed E-state index contributed by atoms with van der Waals surface area (Å²) in [5.41, 5.74) is 7.74. The lowest BCUT2D eigenvalue weighted by Crippen LogP contribution is -2.12. The van der Waals surface area contributed by atoms with Crippen molar-refractivity contribution in [3.8, 4) is 6.07 Å².